The molecule has 0 radical (unpaired) electrons. The zero-order valence-corrected chi connectivity index (χ0v) is 20.7. The molecule has 3 aromatic rings. The average molecular weight is 504 g/mol. The minimum atomic E-state index is -0.798. The Balaban J connectivity index is 1.54. The predicted molar refractivity (Wildman–Crippen MR) is 136 cm³/mol. The number of carbonyl (C=O) groups is 3. The molecule has 1 fully saturated rings. The van der Waals surface area contributed by atoms with Gasteiger partial charge in [0.1, 0.15) is 17.6 Å². The van der Waals surface area contributed by atoms with Crippen molar-refractivity contribution in [3.05, 3.63) is 87.1 Å². The molecule has 0 saturated carbocycles. The Labute approximate surface area is 212 Å². The number of ketones is 1. The maximum absolute atomic E-state index is 13.3. The number of aliphatic hydroxyl groups is 1. The minimum Gasteiger partial charge on any atom is -0.507 e. The molecule has 8 heteroatoms. The van der Waals surface area contributed by atoms with Gasteiger partial charge in [-0.1, -0.05) is 19.9 Å². The zero-order valence-electron chi connectivity index (χ0n) is 19.9. The van der Waals surface area contributed by atoms with E-state index in [1.165, 1.54) is 16.2 Å². The minimum absolute atomic E-state index is 0.0294. The summed E-state index contributed by atoms with van der Waals surface area (Å²) in [4.78, 5) is 41.0. The molecule has 2 aliphatic heterocycles. The predicted octanol–water partition coefficient (Wildman–Crippen LogP) is 5.12. The Morgan fingerprint density at radius 2 is 1.89 bits per heavy atom. The number of aliphatic hydroxyl groups excluding tert-OH is 1. The summed E-state index contributed by atoms with van der Waals surface area (Å²) < 4.78 is 10.8. The maximum atomic E-state index is 13.3. The summed E-state index contributed by atoms with van der Waals surface area (Å²) in [5, 5.41) is 13.1. The fourth-order valence-corrected chi connectivity index (χ4v) is 5.21. The van der Waals surface area contributed by atoms with Gasteiger partial charge in [0.2, 0.25) is 0 Å². The first kappa shape index (κ1) is 23.8. The Morgan fingerprint density at radius 3 is 2.58 bits per heavy atom. The molecule has 184 valence electrons. The Kier molecular flexibility index (Phi) is 6.36. The lowest BCUT2D eigenvalue weighted by atomic mass is 9.98. The van der Waals surface area contributed by atoms with Crippen LogP contribution in [0.25, 0.3) is 5.76 Å². The number of carbonyl (C=O) groups excluding carboxylic acids is 3. The first-order chi connectivity index (χ1) is 17.3. The highest BCUT2D eigenvalue weighted by Crippen LogP contribution is 2.44. The van der Waals surface area contributed by atoms with Crippen LogP contribution in [0.4, 0.5) is 5.69 Å². The van der Waals surface area contributed by atoms with Crippen LogP contribution >= 0.6 is 11.3 Å². The van der Waals surface area contributed by atoms with Crippen LogP contribution in [0.1, 0.15) is 46.3 Å². The van der Waals surface area contributed by atoms with Gasteiger partial charge >= 0.3 is 5.97 Å². The average Bonchev–Trinajstić information content (AvgIpc) is 3.62. The fraction of sp³-hybridized carbons (Fsp3) is 0.250. The van der Waals surface area contributed by atoms with Crippen molar-refractivity contribution < 1.29 is 29.0 Å². The van der Waals surface area contributed by atoms with E-state index in [1.807, 2.05) is 31.4 Å². The van der Waals surface area contributed by atoms with E-state index in [2.05, 4.69) is 0 Å². The van der Waals surface area contributed by atoms with Crippen LogP contribution in [0.5, 0.6) is 5.75 Å². The summed E-state index contributed by atoms with van der Waals surface area (Å²) in [5.74, 6) is -1.21. The van der Waals surface area contributed by atoms with Crippen molar-refractivity contribution in [2.24, 2.45) is 5.92 Å². The van der Waals surface area contributed by atoms with Crippen LogP contribution in [0, 0.1) is 5.92 Å². The second-order valence-electron chi connectivity index (χ2n) is 9.14. The zero-order chi connectivity index (χ0) is 25.4. The third-order valence-electron chi connectivity index (χ3n) is 6.15. The summed E-state index contributed by atoms with van der Waals surface area (Å²) in [7, 11) is 0. The van der Waals surface area contributed by atoms with E-state index in [0.29, 0.717) is 36.4 Å². The molecule has 36 heavy (non-hydrogen) atoms. The Morgan fingerprint density at radius 1 is 1.14 bits per heavy atom. The molecule has 0 spiro atoms. The molecular weight excluding hydrogens is 478 g/mol. The number of fused-ring (bicyclic) bond motifs is 1. The van der Waals surface area contributed by atoms with Gasteiger partial charge in [-0.25, -0.2) is 4.79 Å². The molecule has 3 heterocycles. The van der Waals surface area contributed by atoms with Crippen molar-refractivity contribution in [1.82, 2.24) is 0 Å². The van der Waals surface area contributed by atoms with Crippen molar-refractivity contribution in [1.29, 1.82) is 0 Å². The molecule has 1 aromatic heterocycles. The van der Waals surface area contributed by atoms with Gasteiger partial charge in [0.15, 0.2) is 0 Å². The topological polar surface area (TPSA) is 93.1 Å². The second kappa shape index (κ2) is 9.62. The summed E-state index contributed by atoms with van der Waals surface area (Å²) in [6, 6.07) is 14.5. The molecule has 1 saturated heterocycles. The molecule has 1 amide bonds. The summed E-state index contributed by atoms with van der Waals surface area (Å²) in [5.41, 5.74) is 2.23. The van der Waals surface area contributed by atoms with E-state index in [9.17, 15) is 19.5 Å². The second-order valence-corrected chi connectivity index (χ2v) is 10.1. The molecule has 7 nitrogen and oxygen atoms in total. The van der Waals surface area contributed by atoms with E-state index >= 15 is 0 Å². The standard InChI is InChI=1S/C28H25NO6S/c1-16(2)15-35-28(33)17-5-8-20(9-6-17)29-24(22-4-3-13-36-22)23(26(31)27(29)32)25(30)19-7-10-21-18(14-19)11-12-34-21/h3-10,13-14,16,24,30H,11-12,15H2,1-2H3/b25-23-. The molecule has 2 aliphatic rings. The number of ether oxygens (including phenoxy) is 2. The quantitative estimate of drug-likeness (QED) is 0.217. The molecule has 2 aromatic carbocycles. The highest BCUT2D eigenvalue weighted by atomic mass is 32.1. The number of anilines is 1. The van der Waals surface area contributed by atoms with Gasteiger partial charge in [-0.05, 0) is 65.4 Å². The smallest absolute Gasteiger partial charge is 0.338 e. The number of hydrogen-bond acceptors (Lipinski definition) is 7. The monoisotopic (exact) mass is 503 g/mol. The number of benzene rings is 2. The van der Waals surface area contributed by atoms with Crippen LogP contribution < -0.4 is 9.64 Å². The first-order valence-corrected chi connectivity index (χ1v) is 12.6. The number of hydrogen-bond donors (Lipinski definition) is 1. The molecule has 1 atom stereocenters. The summed E-state index contributed by atoms with van der Waals surface area (Å²) in [6.45, 7) is 4.78. The van der Waals surface area contributed by atoms with Crippen molar-refractivity contribution in [2.45, 2.75) is 26.3 Å². The number of Topliss-reactive ketones (excluding diaryl/α,β-unsaturated/α-hetero) is 1. The van der Waals surface area contributed by atoms with Crippen molar-refractivity contribution in [3.63, 3.8) is 0 Å². The van der Waals surface area contributed by atoms with Gasteiger partial charge in [-0.15, -0.1) is 11.3 Å². The molecule has 0 aliphatic carbocycles. The van der Waals surface area contributed by atoms with Crippen LogP contribution in [-0.2, 0) is 20.7 Å². The highest BCUT2D eigenvalue weighted by molar-refractivity contribution is 7.10. The molecule has 1 unspecified atom stereocenters. The lowest BCUT2D eigenvalue weighted by Crippen LogP contribution is -2.29. The van der Waals surface area contributed by atoms with Crippen molar-refractivity contribution in [3.8, 4) is 5.75 Å². The van der Waals surface area contributed by atoms with E-state index in [1.54, 1.807) is 42.5 Å². The Hall–Kier alpha value is -3.91. The van der Waals surface area contributed by atoms with Gasteiger partial charge in [0, 0.05) is 22.5 Å². The van der Waals surface area contributed by atoms with Crippen LogP contribution in [0.3, 0.4) is 0 Å². The van der Waals surface area contributed by atoms with Gasteiger partial charge in [-0.3, -0.25) is 14.5 Å². The molecule has 0 bridgehead atoms. The third kappa shape index (κ3) is 4.28. The summed E-state index contributed by atoms with van der Waals surface area (Å²) in [6.07, 6.45) is 0.713. The molecule has 5 rings (SSSR count). The number of nitrogens with zero attached hydrogens (tertiary/aromatic N) is 1. The van der Waals surface area contributed by atoms with Gasteiger partial charge in [0.05, 0.1) is 24.4 Å². The normalized spacial score (nSPS) is 18.4. The number of esters is 1. The first-order valence-electron chi connectivity index (χ1n) is 11.7. The van der Waals surface area contributed by atoms with Crippen molar-refractivity contribution >= 4 is 40.4 Å². The largest absolute Gasteiger partial charge is 0.507 e. The van der Waals surface area contributed by atoms with Crippen LogP contribution in [0.2, 0.25) is 0 Å². The van der Waals surface area contributed by atoms with Gasteiger partial charge in [-0.2, -0.15) is 0 Å². The fourth-order valence-electron chi connectivity index (χ4n) is 4.39. The third-order valence-corrected chi connectivity index (χ3v) is 7.07. The number of rotatable bonds is 6. The highest BCUT2D eigenvalue weighted by Gasteiger charge is 2.47. The Bertz CT molecular complexity index is 1360. The number of amides is 1. The van der Waals surface area contributed by atoms with Gasteiger partial charge < -0.3 is 14.6 Å². The van der Waals surface area contributed by atoms with E-state index < -0.39 is 23.7 Å². The van der Waals surface area contributed by atoms with E-state index in [0.717, 1.165) is 16.2 Å². The molecule has 1 N–H and O–H groups in total. The lowest BCUT2D eigenvalue weighted by molar-refractivity contribution is -0.132. The van der Waals surface area contributed by atoms with Crippen LogP contribution in [-0.4, -0.2) is 36.0 Å². The summed E-state index contributed by atoms with van der Waals surface area (Å²) >= 11 is 1.39. The SMILES string of the molecule is CC(C)COC(=O)c1ccc(N2C(=O)C(=O)/C(=C(\O)c3ccc4c(c3)CCO4)C2c2cccs2)cc1. The van der Waals surface area contributed by atoms with E-state index in [4.69, 9.17) is 9.47 Å². The number of thiophene rings is 1. The lowest BCUT2D eigenvalue weighted by Gasteiger charge is -2.24. The van der Waals surface area contributed by atoms with Crippen molar-refractivity contribution in [2.75, 3.05) is 18.1 Å². The van der Waals surface area contributed by atoms with E-state index in [-0.39, 0.29) is 17.3 Å². The van der Waals surface area contributed by atoms with Gasteiger partial charge in [0.25, 0.3) is 11.7 Å². The van der Waals surface area contributed by atoms with Crippen LogP contribution in [0.15, 0.2) is 65.6 Å². The molecular formula is C28H25NO6S. The maximum Gasteiger partial charge on any atom is 0.338 e.